The van der Waals surface area contributed by atoms with Gasteiger partial charge in [-0.3, -0.25) is 9.69 Å². The third kappa shape index (κ3) is 4.32. The number of amides is 1. The molecule has 19 heavy (non-hydrogen) atoms. The molecule has 0 radical (unpaired) electrons. The van der Waals surface area contributed by atoms with Gasteiger partial charge < -0.3 is 10.6 Å². The lowest BCUT2D eigenvalue weighted by Gasteiger charge is -2.34. The summed E-state index contributed by atoms with van der Waals surface area (Å²) in [5.41, 5.74) is 0. The van der Waals surface area contributed by atoms with Gasteiger partial charge in [0.05, 0.1) is 6.04 Å². The molecule has 108 valence electrons. The zero-order chi connectivity index (χ0) is 13.7. The molecule has 1 saturated carbocycles. The fourth-order valence-electron chi connectivity index (χ4n) is 2.83. The summed E-state index contributed by atoms with van der Waals surface area (Å²) in [6.45, 7) is 8.36. The Morgan fingerprint density at radius 1 is 1.47 bits per heavy atom. The molecule has 4 heteroatoms. The Morgan fingerprint density at radius 3 is 2.84 bits per heavy atom. The topological polar surface area (TPSA) is 44.4 Å². The highest BCUT2D eigenvalue weighted by Crippen LogP contribution is 2.29. The van der Waals surface area contributed by atoms with Crippen molar-refractivity contribution in [3.05, 3.63) is 12.7 Å². The van der Waals surface area contributed by atoms with Gasteiger partial charge in [-0.25, -0.2) is 0 Å². The molecule has 2 atom stereocenters. The zero-order valence-electron chi connectivity index (χ0n) is 12.0. The molecule has 0 aromatic rings. The van der Waals surface area contributed by atoms with E-state index in [9.17, 15) is 4.79 Å². The number of piperidine rings is 1. The van der Waals surface area contributed by atoms with E-state index >= 15 is 0 Å². The summed E-state index contributed by atoms with van der Waals surface area (Å²) in [5, 5.41) is 6.49. The molecule has 2 rings (SSSR count). The number of carbonyl (C=O) groups excluding carboxylic acids is 1. The molecule has 1 aliphatic heterocycles. The van der Waals surface area contributed by atoms with Crippen LogP contribution in [0, 0.1) is 0 Å². The molecule has 2 N–H and O–H groups in total. The smallest absolute Gasteiger partial charge is 0.237 e. The number of hydrogen-bond donors (Lipinski definition) is 2. The van der Waals surface area contributed by atoms with Crippen molar-refractivity contribution in [1.82, 2.24) is 15.5 Å². The van der Waals surface area contributed by atoms with Gasteiger partial charge in [-0.15, -0.1) is 6.58 Å². The number of hydrogen-bond acceptors (Lipinski definition) is 3. The van der Waals surface area contributed by atoms with Crippen LogP contribution in [0.25, 0.3) is 0 Å². The quantitative estimate of drug-likeness (QED) is 0.682. The van der Waals surface area contributed by atoms with Gasteiger partial charge >= 0.3 is 0 Å². The van der Waals surface area contributed by atoms with Crippen molar-refractivity contribution >= 4 is 5.91 Å². The van der Waals surface area contributed by atoms with Crippen LogP contribution in [-0.2, 0) is 4.79 Å². The third-order valence-electron chi connectivity index (χ3n) is 4.16. The van der Waals surface area contributed by atoms with E-state index in [0.29, 0.717) is 18.6 Å². The van der Waals surface area contributed by atoms with Crippen LogP contribution in [0.2, 0.25) is 0 Å². The molecular weight excluding hydrogens is 238 g/mol. The summed E-state index contributed by atoms with van der Waals surface area (Å²) < 4.78 is 0. The summed E-state index contributed by atoms with van der Waals surface area (Å²) in [5.74, 6) is 0.127. The Labute approximate surface area is 116 Å². The Hall–Kier alpha value is -0.870. The molecule has 0 aromatic carbocycles. The fraction of sp³-hybridized carbons (Fsp3) is 0.800. The largest absolute Gasteiger partial charge is 0.351 e. The normalized spacial score (nSPS) is 25.1. The van der Waals surface area contributed by atoms with E-state index in [4.69, 9.17) is 0 Å². The van der Waals surface area contributed by atoms with Crippen LogP contribution in [0.5, 0.6) is 0 Å². The molecule has 2 unspecified atom stereocenters. The van der Waals surface area contributed by atoms with E-state index in [1.54, 1.807) is 6.08 Å². The first-order valence-electron chi connectivity index (χ1n) is 7.60. The van der Waals surface area contributed by atoms with E-state index in [1.807, 2.05) is 6.92 Å². The van der Waals surface area contributed by atoms with E-state index in [2.05, 4.69) is 22.1 Å². The van der Waals surface area contributed by atoms with Gasteiger partial charge in [-0.05, 0) is 39.2 Å². The zero-order valence-corrected chi connectivity index (χ0v) is 12.0. The lowest BCUT2D eigenvalue weighted by atomic mass is 10.0. The Kier molecular flexibility index (Phi) is 5.40. The van der Waals surface area contributed by atoms with Crippen molar-refractivity contribution in [2.75, 3.05) is 19.6 Å². The molecule has 1 heterocycles. The average Bonchev–Trinajstić information content (AvgIpc) is 3.27. The highest BCUT2D eigenvalue weighted by atomic mass is 16.2. The highest BCUT2D eigenvalue weighted by Gasteiger charge is 2.36. The predicted molar refractivity (Wildman–Crippen MR) is 78.0 cm³/mol. The summed E-state index contributed by atoms with van der Waals surface area (Å²) in [6.07, 6.45) is 8.05. The molecule has 2 fully saturated rings. The van der Waals surface area contributed by atoms with Crippen molar-refractivity contribution in [1.29, 1.82) is 0 Å². The Balaban J connectivity index is 1.87. The van der Waals surface area contributed by atoms with E-state index in [1.165, 1.54) is 32.1 Å². The van der Waals surface area contributed by atoms with E-state index < -0.39 is 0 Å². The monoisotopic (exact) mass is 265 g/mol. The van der Waals surface area contributed by atoms with Crippen molar-refractivity contribution in [2.24, 2.45) is 0 Å². The second-order valence-electron chi connectivity index (χ2n) is 5.78. The predicted octanol–water partition coefficient (Wildman–Crippen LogP) is 1.28. The number of rotatable bonds is 7. The molecule has 0 spiro atoms. The van der Waals surface area contributed by atoms with Crippen LogP contribution in [0.15, 0.2) is 12.7 Å². The number of carbonyl (C=O) groups is 1. The van der Waals surface area contributed by atoms with Gasteiger partial charge in [0.2, 0.25) is 5.91 Å². The minimum absolute atomic E-state index is 0.0313. The summed E-state index contributed by atoms with van der Waals surface area (Å²) in [7, 11) is 0. The van der Waals surface area contributed by atoms with Crippen LogP contribution in [0.3, 0.4) is 0 Å². The number of nitrogens with one attached hydrogen (secondary N) is 2. The van der Waals surface area contributed by atoms with Crippen molar-refractivity contribution in [3.63, 3.8) is 0 Å². The van der Waals surface area contributed by atoms with Crippen LogP contribution >= 0.6 is 0 Å². The molecule has 0 bridgehead atoms. The molecular formula is C15H27N3O. The van der Waals surface area contributed by atoms with E-state index in [-0.39, 0.29) is 11.9 Å². The maximum Gasteiger partial charge on any atom is 0.237 e. The minimum Gasteiger partial charge on any atom is -0.351 e. The first-order valence-corrected chi connectivity index (χ1v) is 7.60. The molecule has 2 aliphatic rings. The third-order valence-corrected chi connectivity index (χ3v) is 4.16. The second kappa shape index (κ2) is 7.06. The minimum atomic E-state index is -0.0313. The fourth-order valence-corrected chi connectivity index (χ4v) is 2.83. The number of nitrogens with zero attached hydrogens (tertiary/aromatic N) is 1. The van der Waals surface area contributed by atoms with Gasteiger partial charge in [0, 0.05) is 25.2 Å². The van der Waals surface area contributed by atoms with Gasteiger partial charge in [-0.2, -0.15) is 0 Å². The molecule has 1 saturated heterocycles. The first-order chi connectivity index (χ1) is 9.22. The van der Waals surface area contributed by atoms with Crippen molar-refractivity contribution in [2.45, 2.75) is 57.2 Å². The molecule has 1 aliphatic carbocycles. The van der Waals surface area contributed by atoms with Crippen LogP contribution in [0.4, 0.5) is 0 Å². The standard InChI is InChI=1S/C15H27N3O/c1-3-9-17-15(19)12(2)18(14-7-8-14)11-13-6-4-5-10-16-13/h3,12-14,16H,1,4-11H2,2H3,(H,17,19). The summed E-state index contributed by atoms with van der Waals surface area (Å²) in [6, 6.07) is 1.15. The highest BCUT2D eigenvalue weighted by molar-refractivity contribution is 5.81. The van der Waals surface area contributed by atoms with Gasteiger partial charge in [-0.1, -0.05) is 12.5 Å². The van der Waals surface area contributed by atoms with E-state index in [0.717, 1.165) is 13.1 Å². The maximum absolute atomic E-state index is 12.1. The lowest BCUT2D eigenvalue weighted by molar-refractivity contribution is -0.126. The lowest BCUT2D eigenvalue weighted by Crippen LogP contribution is -2.52. The molecule has 1 amide bonds. The van der Waals surface area contributed by atoms with Crippen LogP contribution in [0.1, 0.15) is 39.0 Å². The molecule has 4 nitrogen and oxygen atoms in total. The Morgan fingerprint density at radius 2 is 2.26 bits per heavy atom. The average molecular weight is 265 g/mol. The van der Waals surface area contributed by atoms with Crippen molar-refractivity contribution < 1.29 is 4.79 Å². The second-order valence-corrected chi connectivity index (χ2v) is 5.78. The summed E-state index contributed by atoms with van der Waals surface area (Å²) >= 11 is 0. The van der Waals surface area contributed by atoms with Gasteiger partial charge in [0.1, 0.15) is 0 Å². The first kappa shape index (κ1) is 14.5. The van der Waals surface area contributed by atoms with Gasteiger partial charge in [0.15, 0.2) is 0 Å². The molecule has 0 aromatic heterocycles. The van der Waals surface area contributed by atoms with Crippen molar-refractivity contribution in [3.8, 4) is 0 Å². The van der Waals surface area contributed by atoms with Gasteiger partial charge in [0.25, 0.3) is 0 Å². The van der Waals surface area contributed by atoms with Crippen LogP contribution in [-0.4, -0.2) is 48.6 Å². The maximum atomic E-state index is 12.1. The summed E-state index contributed by atoms with van der Waals surface area (Å²) in [4.78, 5) is 14.5. The SMILES string of the molecule is C=CCNC(=O)C(C)N(CC1CCCCN1)C1CC1. The Bertz CT molecular complexity index is 309. The van der Waals surface area contributed by atoms with Crippen LogP contribution < -0.4 is 10.6 Å².